The quantitative estimate of drug-likeness (QED) is 0.565. The van der Waals surface area contributed by atoms with Crippen molar-refractivity contribution in [1.82, 2.24) is 4.90 Å². The van der Waals surface area contributed by atoms with E-state index in [0.717, 1.165) is 10.7 Å². The van der Waals surface area contributed by atoms with E-state index in [2.05, 4.69) is 15.9 Å². The Hall–Kier alpha value is -1.48. The zero-order chi connectivity index (χ0) is 20.3. The van der Waals surface area contributed by atoms with E-state index in [1.807, 2.05) is 0 Å². The number of amides is 1. The van der Waals surface area contributed by atoms with E-state index < -0.39 is 21.1 Å². The van der Waals surface area contributed by atoms with Crippen LogP contribution in [0.5, 0.6) is 0 Å². The Morgan fingerprint density at radius 3 is 2.15 bits per heavy atom. The van der Waals surface area contributed by atoms with Crippen LogP contribution in [0.15, 0.2) is 28.7 Å². The summed E-state index contributed by atoms with van der Waals surface area (Å²) in [6.45, 7) is 4.10. The average Bonchev–Trinajstić information content (AvgIpc) is 2.59. The Balaban J connectivity index is 0.00000301. The van der Waals surface area contributed by atoms with E-state index in [4.69, 9.17) is 4.74 Å². The maximum atomic E-state index is 12.5. The van der Waals surface area contributed by atoms with E-state index in [1.54, 1.807) is 38.1 Å². The summed E-state index contributed by atoms with van der Waals surface area (Å²) in [5.74, 6) is -0.978. The summed E-state index contributed by atoms with van der Waals surface area (Å²) >= 11 is 3.31. The van der Waals surface area contributed by atoms with E-state index in [9.17, 15) is 22.4 Å². The van der Waals surface area contributed by atoms with Gasteiger partial charge in [0.15, 0.2) is 15.1 Å². The van der Waals surface area contributed by atoms with Crippen molar-refractivity contribution in [2.45, 2.75) is 25.5 Å². The molecule has 6 nitrogen and oxygen atoms in total. The van der Waals surface area contributed by atoms with E-state index in [-0.39, 0.29) is 25.5 Å². The third kappa shape index (κ3) is 7.82. The van der Waals surface area contributed by atoms with Gasteiger partial charge >= 0.3 is 5.97 Å². The SMILES string of the molecule is CCOC(=O)C(CCN(CC)C(=O)c1ccc(Br)cc1)S(C)(=O)=O.CF. The molecule has 0 fully saturated rings. The topological polar surface area (TPSA) is 80.8 Å². The Morgan fingerprint density at radius 1 is 1.19 bits per heavy atom. The highest BCUT2D eigenvalue weighted by Gasteiger charge is 2.31. The van der Waals surface area contributed by atoms with Crippen molar-refractivity contribution < 1.29 is 27.1 Å². The second-order valence-electron chi connectivity index (χ2n) is 5.25. The van der Waals surface area contributed by atoms with Gasteiger partial charge in [-0.25, -0.2) is 8.42 Å². The Morgan fingerprint density at radius 2 is 1.73 bits per heavy atom. The number of hydrogen-bond donors (Lipinski definition) is 0. The van der Waals surface area contributed by atoms with Gasteiger partial charge in [0.2, 0.25) is 0 Å². The molecule has 1 unspecified atom stereocenters. The van der Waals surface area contributed by atoms with Crippen LogP contribution in [-0.4, -0.2) is 63.6 Å². The minimum atomic E-state index is -3.60. The first kappa shape index (κ1) is 24.5. The lowest BCUT2D eigenvalue weighted by molar-refractivity contribution is -0.142. The molecule has 0 saturated heterocycles. The highest BCUT2D eigenvalue weighted by atomic mass is 79.9. The fourth-order valence-electron chi connectivity index (χ4n) is 2.19. The largest absolute Gasteiger partial charge is 0.465 e. The molecule has 1 aromatic rings. The van der Waals surface area contributed by atoms with Gasteiger partial charge in [-0.1, -0.05) is 15.9 Å². The minimum absolute atomic E-state index is 0.00771. The molecule has 148 valence electrons. The van der Waals surface area contributed by atoms with Crippen molar-refractivity contribution in [2.24, 2.45) is 0 Å². The highest BCUT2D eigenvalue weighted by molar-refractivity contribution is 9.10. The maximum absolute atomic E-state index is 12.5. The third-order valence-corrected chi connectivity index (χ3v) is 5.48. The lowest BCUT2D eigenvalue weighted by atomic mass is 10.2. The molecule has 1 rings (SSSR count). The Bertz CT molecular complexity index is 679. The second kappa shape index (κ2) is 12.0. The second-order valence-corrected chi connectivity index (χ2v) is 8.39. The van der Waals surface area contributed by atoms with Gasteiger partial charge in [-0.3, -0.25) is 14.0 Å². The van der Waals surface area contributed by atoms with Gasteiger partial charge in [0.25, 0.3) is 5.91 Å². The molecule has 0 bridgehead atoms. The van der Waals surface area contributed by atoms with Crippen LogP contribution in [0, 0.1) is 0 Å². The number of nitrogens with zero attached hydrogens (tertiary/aromatic N) is 1. The number of alkyl halides is 1. The van der Waals surface area contributed by atoms with Gasteiger partial charge in [-0.15, -0.1) is 0 Å². The van der Waals surface area contributed by atoms with Crippen LogP contribution in [0.3, 0.4) is 0 Å². The van der Waals surface area contributed by atoms with Crippen molar-refractivity contribution in [3.8, 4) is 0 Å². The van der Waals surface area contributed by atoms with Gasteiger partial charge in [0, 0.05) is 29.4 Å². The molecule has 0 heterocycles. The van der Waals surface area contributed by atoms with Crippen LogP contribution >= 0.6 is 15.9 Å². The minimum Gasteiger partial charge on any atom is -0.465 e. The first-order chi connectivity index (χ1) is 12.2. The number of hydrogen-bond acceptors (Lipinski definition) is 5. The van der Waals surface area contributed by atoms with Crippen LogP contribution in [0.4, 0.5) is 4.39 Å². The number of sulfone groups is 1. The van der Waals surface area contributed by atoms with Crippen LogP contribution in [0.1, 0.15) is 30.6 Å². The monoisotopic (exact) mass is 453 g/mol. The standard InChI is InChI=1S/C16H22BrNO5S.CH3F/c1-4-18(15(19)12-6-8-13(17)9-7-12)11-10-14(24(3,21)22)16(20)23-5-2;1-2/h6-9,14H,4-5,10-11H2,1-3H3;1H3. The first-order valence-electron chi connectivity index (χ1n) is 7.98. The molecule has 26 heavy (non-hydrogen) atoms. The van der Waals surface area contributed by atoms with Crippen LogP contribution in [0.25, 0.3) is 0 Å². The van der Waals surface area contributed by atoms with Crippen LogP contribution in [-0.2, 0) is 19.4 Å². The zero-order valence-electron chi connectivity index (χ0n) is 15.4. The number of benzene rings is 1. The van der Waals surface area contributed by atoms with Gasteiger partial charge in [-0.05, 0) is 44.5 Å². The van der Waals surface area contributed by atoms with Gasteiger partial charge < -0.3 is 9.64 Å². The van der Waals surface area contributed by atoms with E-state index in [0.29, 0.717) is 19.3 Å². The van der Waals surface area contributed by atoms with Crippen LogP contribution < -0.4 is 0 Å². The fourth-order valence-corrected chi connectivity index (χ4v) is 3.41. The number of rotatable bonds is 8. The smallest absolute Gasteiger partial charge is 0.324 e. The average molecular weight is 454 g/mol. The molecule has 0 aliphatic rings. The lowest BCUT2D eigenvalue weighted by Crippen LogP contribution is -2.38. The number of carbonyl (C=O) groups is 2. The van der Waals surface area contributed by atoms with Gasteiger partial charge in [0.05, 0.1) is 13.8 Å². The summed E-state index contributed by atoms with van der Waals surface area (Å²) in [4.78, 5) is 25.9. The van der Waals surface area contributed by atoms with Gasteiger partial charge in [0.1, 0.15) is 0 Å². The molecule has 1 amide bonds. The summed E-state index contributed by atoms with van der Waals surface area (Å²) in [7, 11) is -3.10. The van der Waals surface area contributed by atoms with E-state index in [1.165, 1.54) is 4.90 Å². The van der Waals surface area contributed by atoms with Crippen molar-refractivity contribution in [3.63, 3.8) is 0 Å². The molecule has 0 saturated carbocycles. The molecule has 9 heteroatoms. The molecular weight excluding hydrogens is 429 g/mol. The third-order valence-electron chi connectivity index (χ3n) is 3.49. The highest BCUT2D eigenvalue weighted by Crippen LogP contribution is 2.14. The molecule has 0 aliphatic carbocycles. The summed E-state index contributed by atoms with van der Waals surface area (Å²) in [5, 5.41) is -1.26. The first-order valence-corrected chi connectivity index (χ1v) is 10.7. The molecule has 0 aliphatic heterocycles. The molecule has 1 atom stereocenters. The molecule has 1 aromatic carbocycles. The molecule has 0 radical (unpaired) electrons. The maximum Gasteiger partial charge on any atom is 0.324 e. The summed E-state index contributed by atoms with van der Waals surface area (Å²) in [5.41, 5.74) is 0.507. The molecule has 0 aromatic heterocycles. The fraction of sp³-hybridized carbons (Fsp3) is 0.529. The molecular formula is C17H25BrFNO5S. The number of esters is 1. The van der Waals surface area contributed by atoms with Crippen molar-refractivity contribution in [2.75, 3.05) is 33.1 Å². The van der Waals surface area contributed by atoms with E-state index >= 15 is 0 Å². The normalized spacial score (nSPS) is 11.8. The summed E-state index contributed by atoms with van der Waals surface area (Å²) < 4.78 is 38.8. The zero-order valence-corrected chi connectivity index (χ0v) is 17.8. The predicted molar refractivity (Wildman–Crippen MR) is 103 cm³/mol. The van der Waals surface area contributed by atoms with Crippen molar-refractivity contribution in [3.05, 3.63) is 34.3 Å². The summed E-state index contributed by atoms with van der Waals surface area (Å²) in [6, 6.07) is 6.90. The molecule has 0 spiro atoms. The van der Waals surface area contributed by atoms with Crippen molar-refractivity contribution in [1.29, 1.82) is 0 Å². The van der Waals surface area contributed by atoms with Crippen molar-refractivity contribution >= 4 is 37.6 Å². The molecule has 0 N–H and O–H groups in total. The number of ether oxygens (including phenoxy) is 1. The van der Waals surface area contributed by atoms with Crippen LogP contribution in [0.2, 0.25) is 0 Å². The summed E-state index contributed by atoms with van der Waals surface area (Å²) in [6.07, 6.45) is 1.01. The van der Waals surface area contributed by atoms with Gasteiger partial charge in [-0.2, -0.15) is 0 Å². The Kier molecular flexibility index (Phi) is 11.3. The number of carbonyl (C=O) groups excluding carboxylic acids is 2. The Labute approximate surface area is 162 Å². The number of halogens is 2. The predicted octanol–water partition coefficient (Wildman–Crippen LogP) is 2.86. The lowest BCUT2D eigenvalue weighted by Gasteiger charge is -2.23.